The van der Waals surface area contributed by atoms with Crippen LogP contribution in [-0.2, 0) is 0 Å². The third-order valence-corrected chi connectivity index (χ3v) is 4.64. The number of piperidine rings is 1. The lowest BCUT2D eigenvalue weighted by Crippen LogP contribution is -2.42. The highest BCUT2D eigenvalue weighted by atomic mass is 35.5. The van der Waals surface area contributed by atoms with E-state index in [1.165, 1.54) is 18.5 Å². The van der Waals surface area contributed by atoms with Crippen LogP contribution in [0.4, 0.5) is 11.4 Å². The van der Waals surface area contributed by atoms with Gasteiger partial charge in [-0.25, -0.2) is 0 Å². The average Bonchev–Trinajstić information content (AvgIpc) is 3.03. The summed E-state index contributed by atoms with van der Waals surface area (Å²) in [6, 6.07) is 14.9. The molecule has 0 aliphatic carbocycles. The van der Waals surface area contributed by atoms with Crippen LogP contribution in [-0.4, -0.2) is 29.3 Å². The van der Waals surface area contributed by atoms with Crippen molar-refractivity contribution in [2.45, 2.75) is 18.9 Å². The van der Waals surface area contributed by atoms with E-state index in [1.54, 1.807) is 0 Å². The molecule has 4 rings (SSSR count). The van der Waals surface area contributed by atoms with Crippen LogP contribution in [0.2, 0.25) is 5.02 Å². The highest BCUT2D eigenvalue weighted by Crippen LogP contribution is 2.25. The molecule has 1 atom stereocenters. The van der Waals surface area contributed by atoms with Gasteiger partial charge in [-0.2, -0.15) is 5.10 Å². The molecule has 1 fully saturated rings. The van der Waals surface area contributed by atoms with Crippen molar-refractivity contribution in [3.8, 4) is 0 Å². The first-order chi connectivity index (χ1) is 11.3. The van der Waals surface area contributed by atoms with E-state index < -0.39 is 0 Å². The first-order valence-electron chi connectivity index (χ1n) is 7.98. The summed E-state index contributed by atoms with van der Waals surface area (Å²) in [5.74, 6) is 0. The van der Waals surface area contributed by atoms with Gasteiger partial charge < -0.3 is 10.2 Å². The third-order valence-electron chi connectivity index (χ3n) is 4.41. The number of rotatable bonds is 3. The predicted molar refractivity (Wildman–Crippen MR) is 96.4 cm³/mol. The highest BCUT2D eigenvalue weighted by molar-refractivity contribution is 6.30. The molecule has 2 heterocycles. The van der Waals surface area contributed by atoms with Crippen LogP contribution in [0.3, 0.4) is 0 Å². The molecule has 2 N–H and O–H groups in total. The van der Waals surface area contributed by atoms with Gasteiger partial charge in [-0.1, -0.05) is 17.7 Å². The van der Waals surface area contributed by atoms with Crippen molar-refractivity contribution in [3.05, 3.63) is 53.7 Å². The summed E-state index contributed by atoms with van der Waals surface area (Å²) < 4.78 is 0. The van der Waals surface area contributed by atoms with Crippen LogP contribution in [0.25, 0.3) is 10.9 Å². The molecule has 1 aromatic heterocycles. The number of halogens is 1. The summed E-state index contributed by atoms with van der Waals surface area (Å²) >= 11 is 6.12. The topological polar surface area (TPSA) is 44.0 Å². The summed E-state index contributed by atoms with van der Waals surface area (Å²) in [6.07, 6.45) is 4.22. The number of nitrogens with one attached hydrogen (secondary N) is 2. The molecule has 23 heavy (non-hydrogen) atoms. The Morgan fingerprint density at radius 1 is 1.22 bits per heavy atom. The zero-order valence-electron chi connectivity index (χ0n) is 12.8. The summed E-state index contributed by atoms with van der Waals surface area (Å²) in [7, 11) is 0. The fourth-order valence-electron chi connectivity index (χ4n) is 3.27. The molecule has 5 heteroatoms. The molecule has 1 saturated heterocycles. The van der Waals surface area contributed by atoms with Crippen molar-refractivity contribution in [2.75, 3.05) is 23.3 Å². The largest absolute Gasteiger partial charge is 0.381 e. The number of aromatic nitrogens is 2. The van der Waals surface area contributed by atoms with Crippen LogP contribution in [0, 0.1) is 0 Å². The number of benzene rings is 2. The molecule has 4 nitrogen and oxygen atoms in total. The van der Waals surface area contributed by atoms with Gasteiger partial charge >= 0.3 is 0 Å². The van der Waals surface area contributed by atoms with E-state index in [9.17, 15) is 0 Å². The SMILES string of the molecule is Clc1cccc(N2CCCC(Nc3ccc4[nH]ncc4c3)C2)c1. The Balaban J connectivity index is 1.48. The summed E-state index contributed by atoms with van der Waals surface area (Å²) in [5, 5.41) is 12.7. The molecule has 1 aliphatic heterocycles. The molecule has 2 aromatic carbocycles. The van der Waals surface area contributed by atoms with Crippen molar-refractivity contribution in [1.29, 1.82) is 0 Å². The Labute approximate surface area is 140 Å². The van der Waals surface area contributed by atoms with Gasteiger partial charge in [0.15, 0.2) is 0 Å². The van der Waals surface area contributed by atoms with Gasteiger partial charge in [-0.15, -0.1) is 0 Å². The van der Waals surface area contributed by atoms with Crippen LogP contribution in [0.15, 0.2) is 48.7 Å². The minimum atomic E-state index is 0.437. The lowest BCUT2D eigenvalue weighted by Gasteiger charge is -2.35. The van der Waals surface area contributed by atoms with E-state index in [2.05, 4.69) is 44.7 Å². The van der Waals surface area contributed by atoms with Gasteiger partial charge in [-0.3, -0.25) is 5.10 Å². The molecule has 1 aliphatic rings. The van der Waals surface area contributed by atoms with Gasteiger partial charge in [-0.05, 0) is 49.2 Å². The minimum absolute atomic E-state index is 0.437. The molecule has 0 spiro atoms. The van der Waals surface area contributed by atoms with E-state index >= 15 is 0 Å². The Morgan fingerprint density at radius 3 is 3.09 bits per heavy atom. The maximum absolute atomic E-state index is 6.12. The fraction of sp³-hybridized carbons (Fsp3) is 0.278. The maximum Gasteiger partial charge on any atom is 0.0651 e. The first kappa shape index (κ1) is 14.4. The van der Waals surface area contributed by atoms with Crippen molar-refractivity contribution in [1.82, 2.24) is 10.2 Å². The lowest BCUT2D eigenvalue weighted by molar-refractivity contribution is 0.530. The smallest absolute Gasteiger partial charge is 0.0651 e. The number of fused-ring (bicyclic) bond motifs is 1. The van der Waals surface area contributed by atoms with E-state index in [0.29, 0.717) is 6.04 Å². The Hall–Kier alpha value is -2.20. The second-order valence-corrected chi connectivity index (χ2v) is 6.52. The number of hydrogen-bond acceptors (Lipinski definition) is 3. The second kappa shape index (κ2) is 6.13. The summed E-state index contributed by atoms with van der Waals surface area (Å²) in [4.78, 5) is 2.41. The molecule has 0 bridgehead atoms. The van der Waals surface area contributed by atoms with Crippen LogP contribution in [0.1, 0.15) is 12.8 Å². The molecule has 0 amide bonds. The average molecular weight is 327 g/mol. The Morgan fingerprint density at radius 2 is 2.17 bits per heavy atom. The number of H-pyrrole nitrogens is 1. The predicted octanol–water partition coefficient (Wildman–Crippen LogP) is 4.30. The second-order valence-electron chi connectivity index (χ2n) is 6.08. The molecule has 118 valence electrons. The molecule has 0 radical (unpaired) electrons. The van der Waals surface area contributed by atoms with Crippen molar-refractivity contribution < 1.29 is 0 Å². The quantitative estimate of drug-likeness (QED) is 0.754. The van der Waals surface area contributed by atoms with E-state index in [1.807, 2.05) is 24.4 Å². The zero-order chi connectivity index (χ0) is 15.6. The molecule has 3 aromatic rings. The highest BCUT2D eigenvalue weighted by Gasteiger charge is 2.20. The number of hydrogen-bond donors (Lipinski definition) is 2. The van der Waals surface area contributed by atoms with Gasteiger partial charge in [0, 0.05) is 40.9 Å². The summed E-state index contributed by atoms with van der Waals surface area (Å²) in [6.45, 7) is 2.07. The van der Waals surface area contributed by atoms with Crippen molar-refractivity contribution in [2.24, 2.45) is 0 Å². The number of aromatic amines is 1. The van der Waals surface area contributed by atoms with E-state index in [0.717, 1.165) is 34.7 Å². The van der Waals surface area contributed by atoms with Crippen molar-refractivity contribution >= 4 is 33.9 Å². The summed E-state index contributed by atoms with van der Waals surface area (Å²) in [5.41, 5.74) is 3.42. The monoisotopic (exact) mass is 326 g/mol. The first-order valence-corrected chi connectivity index (χ1v) is 8.36. The fourth-order valence-corrected chi connectivity index (χ4v) is 3.46. The third kappa shape index (κ3) is 3.13. The number of nitrogens with zero attached hydrogens (tertiary/aromatic N) is 2. The number of anilines is 2. The van der Waals surface area contributed by atoms with Crippen molar-refractivity contribution in [3.63, 3.8) is 0 Å². The van der Waals surface area contributed by atoms with Gasteiger partial charge in [0.2, 0.25) is 0 Å². The zero-order valence-corrected chi connectivity index (χ0v) is 13.6. The standard InChI is InChI=1S/C18H19ClN4/c19-14-3-1-5-17(10-14)23-8-2-4-16(12-23)21-15-6-7-18-13(9-15)11-20-22-18/h1,3,5-7,9-11,16,21H,2,4,8,12H2,(H,20,22). The van der Waals surface area contributed by atoms with Gasteiger partial charge in [0.05, 0.1) is 11.7 Å². The van der Waals surface area contributed by atoms with E-state index in [-0.39, 0.29) is 0 Å². The molecule has 1 unspecified atom stereocenters. The molecular formula is C18H19ClN4. The van der Waals surface area contributed by atoms with Crippen LogP contribution >= 0.6 is 11.6 Å². The Kier molecular flexibility index (Phi) is 3.83. The molecular weight excluding hydrogens is 308 g/mol. The molecule has 0 saturated carbocycles. The van der Waals surface area contributed by atoms with Crippen LogP contribution < -0.4 is 10.2 Å². The Bertz CT molecular complexity index is 813. The normalized spacial score (nSPS) is 18.3. The van der Waals surface area contributed by atoms with Crippen LogP contribution in [0.5, 0.6) is 0 Å². The van der Waals surface area contributed by atoms with Gasteiger partial charge in [0.25, 0.3) is 0 Å². The van der Waals surface area contributed by atoms with E-state index in [4.69, 9.17) is 11.6 Å². The minimum Gasteiger partial charge on any atom is -0.381 e. The lowest BCUT2D eigenvalue weighted by atomic mass is 10.0. The maximum atomic E-state index is 6.12. The van der Waals surface area contributed by atoms with Gasteiger partial charge in [0.1, 0.15) is 0 Å².